The fourth-order valence-electron chi connectivity index (χ4n) is 1.71. The Morgan fingerprint density at radius 1 is 1.00 bits per heavy atom. The molecule has 0 aliphatic heterocycles. The van der Waals surface area contributed by atoms with E-state index in [4.69, 9.17) is 4.98 Å². The molecule has 0 spiro atoms. The molecule has 2 aromatic heterocycles. The molecule has 2 rings (SSSR count). The number of rotatable bonds is 1. The molecule has 0 aliphatic rings. The number of thiazole rings is 1. The zero-order chi connectivity index (χ0) is 12.6. The molecule has 0 bridgehead atoms. The van der Waals surface area contributed by atoms with E-state index in [1.54, 1.807) is 11.3 Å². The number of pyridine rings is 1. The SMILES string of the molecule is Cc1cc(-c2nc(C(C)(C)C)cs2)cc(C)n1. The lowest BCUT2D eigenvalue weighted by Gasteiger charge is -2.14. The maximum atomic E-state index is 4.72. The lowest BCUT2D eigenvalue weighted by atomic mass is 9.93. The minimum absolute atomic E-state index is 0.117. The highest BCUT2D eigenvalue weighted by atomic mass is 32.1. The van der Waals surface area contributed by atoms with Crippen molar-refractivity contribution in [2.45, 2.75) is 40.0 Å². The van der Waals surface area contributed by atoms with Gasteiger partial charge in [-0.25, -0.2) is 4.98 Å². The summed E-state index contributed by atoms with van der Waals surface area (Å²) in [4.78, 5) is 9.12. The minimum Gasteiger partial charge on any atom is -0.258 e. The molecule has 0 aliphatic carbocycles. The highest BCUT2D eigenvalue weighted by Gasteiger charge is 2.18. The van der Waals surface area contributed by atoms with E-state index in [9.17, 15) is 0 Å². The van der Waals surface area contributed by atoms with Crippen molar-refractivity contribution >= 4 is 11.3 Å². The monoisotopic (exact) mass is 246 g/mol. The maximum Gasteiger partial charge on any atom is 0.123 e. The second-order valence-electron chi connectivity index (χ2n) is 5.43. The van der Waals surface area contributed by atoms with Crippen LogP contribution in [-0.2, 0) is 5.41 Å². The van der Waals surface area contributed by atoms with Crippen LogP contribution in [-0.4, -0.2) is 9.97 Å². The molecule has 2 aromatic rings. The van der Waals surface area contributed by atoms with Crippen LogP contribution in [0.15, 0.2) is 17.5 Å². The normalized spacial score (nSPS) is 11.8. The van der Waals surface area contributed by atoms with E-state index in [1.807, 2.05) is 13.8 Å². The van der Waals surface area contributed by atoms with Crippen molar-refractivity contribution in [2.24, 2.45) is 0 Å². The maximum absolute atomic E-state index is 4.72. The van der Waals surface area contributed by atoms with Crippen molar-refractivity contribution in [3.8, 4) is 10.6 Å². The summed E-state index contributed by atoms with van der Waals surface area (Å²) >= 11 is 1.71. The Hall–Kier alpha value is -1.22. The van der Waals surface area contributed by atoms with Crippen LogP contribution in [0.5, 0.6) is 0 Å². The van der Waals surface area contributed by atoms with Crippen LogP contribution in [0.3, 0.4) is 0 Å². The van der Waals surface area contributed by atoms with Gasteiger partial charge in [0, 0.05) is 27.7 Å². The van der Waals surface area contributed by atoms with Gasteiger partial charge in [-0.2, -0.15) is 0 Å². The average molecular weight is 246 g/mol. The molecule has 17 heavy (non-hydrogen) atoms. The van der Waals surface area contributed by atoms with Crippen LogP contribution < -0.4 is 0 Å². The summed E-state index contributed by atoms with van der Waals surface area (Å²) in [6, 6.07) is 4.19. The summed E-state index contributed by atoms with van der Waals surface area (Å²) < 4.78 is 0. The van der Waals surface area contributed by atoms with Crippen LogP contribution in [0.25, 0.3) is 10.6 Å². The van der Waals surface area contributed by atoms with Crippen molar-refractivity contribution in [1.82, 2.24) is 9.97 Å². The Labute approximate surface area is 107 Å². The van der Waals surface area contributed by atoms with Crippen LogP contribution in [0.2, 0.25) is 0 Å². The third-order valence-electron chi connectivity index (χ3n) is 2.60. The summed E-state index contributed by atoms with van der Waals surface area (Å²) in [6.45, 7) is 10.6. The van der Waals surface area contributed by atoms with Gasteiger partial charge in [0.2, 0.25) is 0 Å². The second kappa shape index (κ2) is 4.22. The molecule has 2 nitrogen and oxygen atoms in total. The second-order valence-corrected chi connectivity index (χ2v) is 6.28. The predicted octanol–water partition coefficient (Wildman–Crippen LogP) is 4.12. The van der Waals surface area contributed by atoms with Gasteiger partial charge in [-0.3, -0.25) is 4.98 Å². The Kier molecular flexibility index (Phi) is 3.04. The molecule has 0 saturated heterocycles. The first-order chi connectivity index (χ1) is 7.86. The fraction of sp³-hybridized carbons (Fsp3) is 0.429. The van der Waals surface area contributed by atoms with Crippen molar-refractivity contribution in [1.29, 1.82) is 0 Å². The Bertz CT molecular complexity index is 515. The standard InChI is InChI=1S/C14H18N2S/c1-9-6-11(7-10(2)15-9)13-16-12(8-17-13)14(3,4)5/h6-8H,1-5H3. The molecule has 0 amide bonds. The molecular formula is C14H18N2S. The molecule has 2 heterocycles. The molecule has 0 saturated carbocycles. The van der Waals surface area contributed by atoms with Crippen LogP contribution in [0, 0.1) is 13.8 Å². The number of nitrogens with zero attached hydrogens (tertiary/aromatic N) is 2. The molecule has 90 valence electrons. The first-order valence-corrected chi connectivity index (χ1v) is 6.66. The topological polar surface area (TPSA) is 25.8 Å². The Morgan fingerprint density at radius 3 is 2.06 bits per heavy atom. The van der Waals surface area contributed by atoms with E-state index in [0.717, 1.165) is 22.1 Å². The molecule has 0 unspecified atom stereocenters. The molecule has 0 atom stereocenters. The van der Waals surface area contributed by atoms with Crippen molar-refractivity contribution in [2.75, 3.05) is 0 Å². The number of aryl methyl sites for hydroxylation is 2. The zero-order valence-electron chi connectivity index (χ0n) is 11.0. The first-order valence-electron chi connectivity index (χ1n) is 5.78. The van der Waals surface area contributed by atoms with Gasteiger partial charge in [-0.05, 0) is 26.0 Å². The van der Waals surface area contributed by atoms with E-state index in [1.165, 1.54) is 5.56 Å². The van der Waals surface area contributed by atoms with E-state index in [2.05, 4.69) is 43.3 Å². The lowest BCUT2D eigenvalue weighted by molar-refractivity contribution is 0.573. The summed E-state index contributed by atoms with van der Waals surface area (Å²) in [7, 11) is 0. The largest absolute Gasteiger partial charge is 0.258 e. The van der Waals surface area contributed by atoms with Gasteiger partial charge in [0.25, 0.3) is 0 Å². The van der Waals surface area contributed by atoms with Crippen molar-refractivity contribution < 1.29 is 0 Å². The van der Waals surface area contributed by atoms with Crippen LogP contribution >= 0.6 is 11.3 Å². The minimum atomic E-state index is 0.117. The lowest BCUT2D eigenvalue weighted by Crippen LogP contribution is -2.11. The highest BCUT2D eigenvalue weighted by Crippen LogP contribution is 2.30. The number of aromatic nitrogens is 2. The highest BCUT2D eigenvalue weighted by molar-refractivity contribution is 7.13. The van der Waals surface area contributed by atoms with E-state index in [-0.39, 0.29) is 5.41 Å². The van der Waals surface area contributed by atoms with Gasteiger partial charge in [0.05, 0.1) is 5.69 Å². The summed E-state index contributed by atoms with van der Waals surface area (Å²) in [5, 5.41) is 3.24. The molecule has 0 radical (unpaired) electrons. The molecular weight excluding hydrogens is 228 g/mol. The van der Waals surface area contributed by atoms with E-state index < -0.39 is 0 Å². The van der Waals surface area contributed by atoms with Gasteiger partial charge < -0.3 is 0 Å². The zero-order valence-corrected chi connectivity index (χ0v) is 11.9. The van der Waals surface area contributed by atoms with Gasteiger partial charge in [0.15, 0.2) is 0 Å². The summed E-state index contributed by atoms with van der Waals surface area (Å²) in [5.74, 6) is 0. The molecule has 0 aromatic carbocycles. The number of hydrogen-bond acceptors (Lipinski definition) is 3. The van der Waals surface area contributed by atoms with Crippen molar-refractivity contribution in [3.05, 3.63) is 34.6 Å². The third kappa shape index (κ3) is 2.72. The van der Waals surface area contributed by atoms with Gasteiger partial charge in [-0.15, -0.1) is 11.3 Å². The Morgan fingerprint density at radius 2 is 1.59 bits per heavy atom. The fourth-order valence-corrected chi connectivity index (χ4v) is 2.74. The Balaban J connectivity index is 2.44. The molecule has 0 N–H and O–H groups in total. The molecule has 0 fully saturated rings. The van der Waals surface area contributed by atoms with Gasteiger partial charge in [0.1, 0.15) is 5.01 Å². The van der Waals surface area contributed by atoms with E-state index >= 15 is 0 Å². The van der Waals surface area contributed by atoms with E-state index in [0.29, 0.717) is 0 Å². The van der Waals surface area contributed by atoms with Gasteiger partial charge in [-0.1, -0.05) is 20.8 Å². The summed E-state index contributed by atoms with van der Waals surface area (Å²) in [5.41, 5.74) is 4.55. The van der Waals surface area contributed by atoms with Gasteiger partial charge >= 0.3 is 0 Å². The predicted molar refractivity (Wildman–Crippen MR) is 73.5 cm³/mol. The average Bonchev–Trinajstić information content (AvgIpc) is 2.63. The van der Waals surface area contributed by atoms with Crippen LogP contribution in [0.4, 0.5) is 0 Å². The summed E-state index contributed by atoms with van der Waals surface area (Å²) in [6.07, 6.45) is 0. The van der Waals surface area contributed by atoms with Crippen LogP contribution in [0.1, 0.15) is 37.9 Å². The third-order valence-corrected chi connectivity index (χ3v) is 3.49. The number of hydrogen-bond donors (Lipinski definition) is 0. The smallest absolute Gasteiger partial charge is 0.123 e. The van der Waals surface area contributed by atoms with Crippen molar-refractivity contribution in [3.63, 3.8) is 0 Å². The quantitative estimate of drug-likeness (QED) is 0.756. The first kappa shape index (κ1) is 12.2. The molecule has 3 heteroatoms.